The van der Waals surface area contributed by atoms with Gasteiger partial charge in [-0.1, -0.05) is 6.07 Å². The van der Waals surface area contributed by atoms with Crippen molar-refractivity contribution in [2.24, 2.45) is 0 Å². The number of rotatable bonds is 3. The summed E-state index contributed by atoms with van der Waals surface area (Å²) in [7, 11) is 0. The first-order chi connectivity index (χ1) is 8.65. The molecule has 18 heavy (non-hydrogen) atoms. The van der Waals surface area contributed by atoms with Gasteiger partial charge < -0.3 is 10.5 Å². The monoisotopic (exact) mass is 246 g/mol. The van der Waals surface area contributed by atoms with Crippen molar-refractivity contribution in [3.05, 3.63) is 35.9 Å². The van der Waals surface area contributed by atoms with Crippen LogP contribution in [-0.2, 0) is 4.74 Å². The van der Waals surface area contributed by atoms with E-state index in [2.05, 4.69) is 9.97 Å². The number of ether oxygens (including phenoxy) is 1. The Morgan fingerprint density at radius 2 is 2.28 bits per heavy atom. The molecule has 0 atom stereocenters. The molecule has 0 saturated carbocycles. The number of nitrogen functional groups attached to an aromatic ring is 1. The summed E-state index contributed by atoms with van der Waals surface area (Å²) in [6.07, 6.45) is 3.13. The Balaban J connectivity index is 2.43. The van der Waals surface area contributed by atoms with Gasteiger partial charge in [0.15, 0.2) is 5.69 Å². The summed E-state index contributed by atoms with van der Waals surface area (Å²) in [6.45, 7) is 3.92. The Morgan fingerprint density at radius 3 is 2.94 bits per heavy atom. The molecule has 2 heterocycles. The third-order valence-corrected chi connectivity index (χ3v) is 2.48. The molecule has 0 radical (unpaired) electrons. The Morgan fingerprint density at radius 1 is 1.50 bits per heavy atom. The van der Waals surface area contributed by atoms with Gasteiger partial charge in [0.25, 0.3) is 0 Å². The summed E-state index contributed by atoms with van der Waals surface area (Å²) in [5, 5.41) is 0. The van der Waals surface area contributed by atoms with E-state index in [9.17, 15) is 4.79 Å². The molecule has 0 fully saturated rings. The number of esters is 1. The minimum atomic E-state index is -0.526. The van der Waals surface area contributed by atoms with E-state index in [1.807, 2.05) is 19.1 Å². The van der Waals surface area contributed by atoms with E-state index in [4.69, 9.17) is 10.5 Å². The number of nitrogens with two attached hydrogens (primary N) is 1. The largest absolute Gasteiger partial charge is 0.461 e. The average molecular weight is 246 g/mol. The highest BCUT2D eigenvalue weighted by Gasteiger charge is 2.18. The maximum atomic E-state index is 11.6. The fraction of sp³-hybridized carbons (Fsp3) is 0.250. The summed E-state index contributed by atoms with van der Waals surface area (Å²) in [4.78, 5) is 19.8. The maximum Gasteiger partial charge on any atom is 0.360 e. The van der Waals surface area contributed by atoms with E-state index in [-0.39, 0.29) is 18.1 Å². The van der Waals surface area contributed by atoms with E-state index in [0.29, 0.717) is 5.82 Å². The molecule has 0 aliphatic rings. The van der Waals surface area contributed by atoms with Crippen LogP contribution >= 0.6 is 0 Å². The van der Waals surface area contributed by atoms with E-state index in [1.165, 1.54) is 6.33 Å². The highest BCUT2D eigenvalue weighted by atomic mass is 16.5. The Bertz CT molecular complexity index is 577. The van der Waals surface area contributed by atoms with Crippen LogP contribution in [0.15, 0.2) is 24.7 Å². The summed E-state index contributed by atoms with van der Waals surface area (Å²) in [6, 6.07) is 3.74. The summed E-state index contributed by atoms with van der Waals surface area (Å²) < 4.78 is 6.44. The molecular weight excluding hydrogens is 232 g/mol. The van der Waals surface area contributed by atoms with Gasteiger partial charge in [0.05, 0.1) is 6.61 Å². The van der Waals surface area contributed by atoms with Crippen molar-refractivity contribution in [3.8, 4) is 5.82 Å². The van der Waals surface area contributed by atoms with Gasteiger partial charge in [-0.15, -0.1) is 0 Å². The molecule has 94 valence electrons. The summed E-state index contributed by atoms with van der Waals surface area (Å²) in [5.41, 5.74) is 6.95. The molecule has 6 nitrogen and oxygen atoms in total. The van der Waals surface area contributed by atoms with Crippen molar-refractivity contribution >= 4 is 11.8 Å². The number of anilines is 1. The zero-order valence-corrected chi connectivity index (χ0v) is 10.3. The molecule has 0 aliphatic carbocycles. The minimum Gasteiger partial charge on any atom is -0.461 e. The van der Waals surface area contributed by atoms with Crippen LogP contribution < -0.4 is 5.73 Å². The Labute approximate surface area is 104 Å². The zero-order chi connectivity index (χ0) is 13.1. The average Bonchev–Trinajstić information content (AvgIpc) is 2.72. The number of carbonyl (C=O) groups excluding carboxylic acids is 1. The lowest BCUT2D eigenvalue weighted by atomic mass is 10.3. The van der Waals surface area contributed by atoms with Gasteiger partial charge in [0.1, 0.15) is 18.0 Å². The molecule has 0 saturated heterocycles. The second-order valence-electron chi connectivity index (χ2n) is 3.71. The fourth-order valence-corrected chi connectivity index (χ4v) is 1.61. The van der Waals surface area contributed by atoms with Crippen molar-refractivity contribution in [2.75, 3.05) is 12.3 Å². The van der Waals surface area contributed by atoms with E-state index in [0.717, 1.165) is 5.56 Å². The SMILES string of the molecule is CCOC(=O)c1ncn(-c2ncccc2C)c1N. The highest BCUT2D eigenvalue weighted by molar-refractivity contribution is 5.92. The van der Waals surface area contributed by atoms with Crippen LogP contribution in [0.1, 0.15) is 23.0 Å². The van der Waals surface area contributed by atoms with E-state index < -0.39 is 5.97 Å². The molecule has 0 unspecified atom stereocenters. The van der Waals surface area contributed by atoms with Gasteiger partial charge in [0.2, 0.25) is 0 Å². The van der Waals surface area contributed by atoms with Crippen LogP contribution in [0.2, 0.25) is 0 Å². The quantitative estimate of drug-likeness (QED) is 0.826. The lowest BCUT2D eigenvalue weighted by Gasteiger charge is -2.07. The molecule has 0 aliphatic heterocycles. The second kappa shape index (κ2) is 4.87. The molecule has 6 heteroatoms. The number of carbonyl (C=O) groups is 1. The topological polar surface area (TPSA) is 83.0 Å². The van der Waals surface area contributed by atoms with Gasteiger partial charge in [0, 0.05) is 6.20 Å². The van der Waals surface area contributed by atoms with Crippen LogP contribution in [0.3, 0.4) is 0 Å². The standard InChI is InChI=1S/C12H14N4O2/c1-3-18-12(17)9-10(13)16(7-15-9)11-8(2)5-4-6-14-11/h4-7H,3,13H2,1-2H3. The Hall–Kier alpha value is -2.37. The number of imidazole rings is 1. The van der Waals surface area contributed by atoms with Gasteiger partial charge in [-0.3, -0.25) is 4.57 Å². The van der Waals surface area contributed by atoms with Crippen LogP contribution in [0.25, 0.3) is 5.82 Å². The number of nitrogens with zero attached hydrogens (tertiary/aromatic N) is 3. The minimum absolute atomic E-state index is 0.113. The normalized spacial score (nSPS) is 10.3. The molecule has 0 bridgehead atoms. The van der Waals surface area contributed by atoms with Crippen LogP contribution in [-0.4, -0.2) is 27.1 Å². The van der Waals surface area contributed by atoms with Gasteiger partial charge in [-0.05, 0) is 25.5 Å². The zero-order valence-electron chi connectivity index (χ0n) is 10.3. The Kier molecular flexibility index (Phi) is 3.27. The number of hydrogen-bond acceptors (Lipinski definition) is 5. The first-order valence-corrected chi connectivity index (χ1v) is 5.57. The second-order valence-corrected chi connectivity index (χ2v) is 3.71. The predicted molar refractivity (Wildman–Crippen MR) is 66.5 cm³/mol. The van der Waals surface area contributed by atoms with Crippen molar-refractivity contribution in [1.82, 2.24) is 14.5 Å². The molecular formula is C12H14N4O2. The first-order valence-electron chi connectivity index (χ1n) is 5.57. The molecule has 2 rings (SSSR count). The van der Waals surface area contributed by atoms with Crippen LogP contribution in [0.4, 0.5) is 5.82 Å². The van der Waals surface area contributed by atoms with E-state index >= 15 is 0 Å². The van der Waals surface area contributed by atoms with Crippen molar-refractivity contribution in [1.29, 1.82) is 0 Å². The molecule has 2 aromatic heterocycles. The molecule has 0 amide bonds. The van der Waals surface area contributed by atoms with Gasteiger partial charge in [-0.25, -0.2) is 14.8 Å². The molecule has 0 spiro atoms. The lowest BCUT2D eigenvalue weighted by molar-refractivity contribution is 0.0521. The van der Waals surface area contributed by atoms with Crippen LogP contribution in [0.5, 0.6) is 0 Å². The summed E-state index contributed by atoms with van der Waals surface area (Å²) >= 11 is 0. The van der Waals surface area contributed by atoms with Gasteiger partial charge in [-0.2, -0.15) is 0 Å². The van der Waals surface area contributed by atoms with Gasteiger partial charge >= 0.3 is 5.97 Å². The smallest absolute Gasteiger partial charge is 0.360 e. The van der Waals surface area contributed by atoms with Crippen molar-refractivity contribution < 1.29 is 9.53 Å². The number of aryl methyl sites for hydroxylation is 1. The number of pyridine rings is 1. The molecule has 0 aromatic carbocycles. The van der Waals surface area contributed by atoms with Crippen molar-refractivity contribution in [2.45, 2.75) is 13.8 Å². The van der Waals surface area contributed by atoms with Crippen molar-refractivity contribution in [3.63, 3.8) is 0 Å². The number of aromatic nitrogens is 3. The van der Waals surface area contributed by atoms with E-state index in [1.54, 1.807) is 17.7 Å². The summed E-state index contributed by atoms with van der Waals surface area (Å²) in [5.74, 6) is 0.357. The third kappa shape index (κ3) is 2.04. The van der Waals surface area contributed by atoms with Crippen LogP contribution in [0, 0.1) is 6.92 Å². The first kappa shape index (κ1) is 12.1. The third-order valence-electron chi connectivity index (χ3n) is 2.48. The fourth-order valence-electron chi connectivity index (χ4n) is 1.61. The number of hydrogen-bond donors (Lipinski definition) is 1. The lowest BCUT2D eigenvalue weighted by Crippen LogP contribution is -2.10. The highest BCUT2D eigenvalue weighted by Crippen LogP contribution is 2.18. The maximum absolute atomic E-state index is 11.6. The predicted octanol–water partition coefficient (Wildman–Crippen LogP) is 1.33. The molecule has 2 aromatic rings. The molecule has 2 N–H and O–H groups in total.